The van der Waals surface area contributed by atoms with Gasteiger partial charge in [-0.3, -0.25) is 0 Å². The number of carbonyl (C=O) groups excluding carboxylic acids is 3. The molecule has 1 unspecified atom stereocenters. The summed E-state index contributed by atoms with van der Waals surface area (Å²) in [6, 6.07) is 25.1. The number of benzene rings is 3. The van der Waals surface area contributed by atoms with Gasteiger partial charge in [0, 0.05) is 0 Å². The molecule has 1 heterocycles. The van der Waals surface area contributed by atoms with Crippen LogP contribution in [-0.2, 0) is 18.9 Å². The van der Waals surface area contributed by atoms with E-state index in [1.165, 1.54) is 0 Å². The number of hydrogen-bond donors (Lipinski definition) is 0. The number of hydrogen-bond acceptors (Lipinski definition) is 7. The Labute approximate surface area is 201 Å². The lowest BCUT2D eigenvalue weighted by Gasteiger charge is -2.23. The zero-order chi connectivity index (χ0) is 23.9. The molecule has 4 rings (SSSR count). The van der Waals surface area contributed by atoms with Crippen LogP contribution in [0.2, 0.25) is 0 Å². The average Bonchev–Trinajstić information content (AvgIpc) is 3.17. The summed E-state index contributed by atoms with van der Waals surface area (Å²) in [5.74, 6) is -1.88. The molecular formula is C26H21ClO7. The topological polar surface area (TPSA) is 88.1 Å². The van der Waals surface area contributed by atoms with E-state index in [0.29, 0.717) is 16.7 Å². The van der Waals surface area contributed by atoms with Gasteiger partial charge in [0.1, 0.15) is 12.7 Å². The van der Waals surface area contributed by atoms with Gasteiger partial charge in [-0.1, -0.05) is 66.2 Å². The lowest BCUT2D eigenvalue weighted by atomic mass is 10.1. The zero-order valence-electron chi connectivity index (χ0n) is 17.9. The summed E-state index contributed by atoms with van der Waals surface area (Å²) in [5.41, 5.74) is -0.165. The Hall–Kier alpha value is -3.68. The number of carbonyl (C=O) groups is 3. The highest BCUT2D eigenvalue weighted by Gasteiger charge is 2.49. The normalized spacial score (nSPS) is 21.4. The molecule has 0 aliphatic carbocycles. The molecule has 1 saturated heterocycles. The van der Waals surface area contributed by atoms with Gasteiger partial charge in [-0.25, -0.2) is 14.4 Å². The first kappa shape index (κ1) is 23.5. The molecule has 8 heteroatoms. The minimum absolute atomic E-state index is 0.261. The fraction of sp³-hybridized carbons (Fsp3) is 0.192. The van der Waals surface area contributed by atoms with E-state index >= 15 is 0 Å². The quantitative estimate of drug-likeness (QED) is 0.283. The van der Waals surface area contributed by atoms with Crippen molar-refractivity contribution in [2.45, 2.75) is 23.9 Å². The highest BCUT2D eigenvalue weighted by Crippen LogP contribution is 2.31. The van der Waals surface area contributed by atoms with Gasteiger partial charge in [0.25, 0.3) is 0 Å². The number of alkyl halides is 1. The molecular weight excluding hydrogens is 460 g/mol. The zero-order valence-corrected chi connectivity index (χ0v) is 18.7. The highest BCUT2D eigenvalue weighted by atomic mass is 35.5. The van der Waals surface area contributed by atoms with Crippen molar-refractivity contribution in [2.24, 2.45) is 0 Å². The summed E-state index contributed by atoms with van der Waals surface area (Å²) in [5, 5.41) is 0. The molecule has 174 valence electrons. The van der Waals surface area contributed by atoms with E-state index in [-0.39, 0.29) is 6.61 Å². The molecule has 0 spiro atoms. The molecule has 1 aliphatic rings. The molecule has 0 amide bonds. The van der Waals surface area contributed by atoms with Crippen molar-refractivity contribution >= 4 is 29.5 Å². The van der Waals surface area contributed by atoms with E-state index in [4.69, 9.17) is 30.5 Å². The molecule has 4 atom stereocenters. The summed E-state index contributed by atoms with van der Waals surface area (Å²) in [4.78, 5) is 37.8. The van der Waals surface area contributed by atoms with E-state index in [1.807, 2.05) is 0 Å². The summed E-state index contributed by atoms with van der Waals surface area (Å²) in [6.45, 7) is -0.261. The summed E-state index contributed by atoms with van der Waals surface area (Å²) in [6.07, 6.45) is -3.18. The number of halogens is 1. The van der Waals surface area contributed by atoms with Gasteiger partial charge in [0.15, 0.2) is 17.8 Å². The van der Waals surface area contributed by atoms with Crippen molar-refractivity contribution in [3.05, 3.63) is 108 Å². The molecule has 0 bridgehead atoms. The van der Waals surface area contributed by atoms with Crippen molar-refractivity contribution in [3.8, 4) is 0 Å². The van der Waals surface area contributed by atoms with E-state index in [2.05, 4.69) is 0 Å². The van der Waals surface area contributed by atoms with Crippen LogP contribution >= 0.6 is 11.6 Å². The highest BCUT2D eigenvalue weighted by molar-refractivity contribution is 6.20. The van der Waals surface area contributed by atoms with Crippen LogP contribution in [0, 0.1) is 0 Å². The second-order valence-electron chi connectivity index (χ2n) is 7.46. The van der Waals surface area contributed by atoms with Gasteiger partial charge < -0.3 is 18.9 Å². The predicted molar refractivity (Wildman–Crippen MR) is 123 cm³/mol. The van der Waals surface area contributed by atoms with Gasteiger partial charge in [0.05, 0.1) is 16.7 Å². The summed E-state index contributed by atoms with van der Waals surface area (Å²) >= 11 is 6.33. The van der Waals surface area contributed by atoms with E-state index in [0.717, 1.165) is 0 Å². The second-order valence-corrected chi connectivity index (χ2v) is 7.89. The molecule has 1 aliphatic heterocycles. The van der Waals surface area contributed by atoms with Crippen LogP contribution in [0.4, 0.5) is 0 Å². The third kappa shape index (κ3) is 5.62. The Morgan fingerprint density at radius 2 is 1.06 bits per heavy atom. The number of ether oxygens (including phenoxy) is 4. The lowest BCUT2D eigenvalue weighted by Crippen LogP contribution is -2.41. The van der Waals surface area contributed by atoms with Crippen LogP contribution in [0.5, 0.6) is 0 Å². The van der Waals surface area contributed by atoms with E-state index < -0.39 is 41.8 Å². The van der Waals surface area contributed by atoms with E-state index in [9.17, 15) is 14.4 Å². The Balaban J connectivity index is 1.51. The smallest absolute Gasteiger partial charge is 0.338 e. The second kappa shape index (κ2) is 11.0. The maximum Gasteiger partial charge on any atom is 0.338 e. The van der Waals surface area contributed by atoms with Crippen molar-refractivity contribution in [1.82, 2.24) is 0 Å². The third-order valence-corrected chi connectivity index (χ3v) is 5.50. The SMILES string of the molecule is O=C(OC[C@@H]1OC(Cl)[C@H](OC(=O)c2ccccc2)[C@@H]1OC(=O)c1ccccc1)c1ccccc1. The first-order chi connectivity index (χ1) is 16.5. The van der Waals surface area contributed by atoms with Crippen LogP contribution in [0.25, 0.3) is 0 Å². The van der Waals surface area contributed by atoms with E-state index in [1.54, 1.807) is 91.0 Å². The first-order valence-electron chi connectivity index (χ1n) is 10.6. The maximum atomic E-state index is 12.7. The molecule has 3 aromatic rings. The molecule has 0 saturated carbocycles. The van der Waals surface area contributed by atoms with Crippen molar-refractivity contribution in [2.75, 3.05) is 6.61 Å². The van der Waals surface area contributed by atoms with Gasteiger partial charge in [-0.2, -0.15) is 0 Å². The van der Waals surface area contributed by atoms with Crippen LogP contribution in [0.15, 0.2) is 91.0 Å². The maximum absolute atomic E-state index is 12.7. The Kier molecular flexibility index (Phi) is 7.57. The fourth-order valence-electron chi connectivity index (χ4n) is 3.43. The van der Waals surface area contributed by atoms with Crippen LogP contribution in [0.3, 0.4) is 0 Å². The molecule has 34 heavy (non-hydrogen) atoms. The fourth-order valence-corrected chi connectivity index (χ4v) is 3.75. The van der Waals surface area contributed by atoms with Gasteiger partial charge >= 0.3 is 17.9 Å². The molecule has 7 nitrogen and oxygen atoms in total. The number of esters is 3. The van der Waals surface area contributed by atoms with Gasteiger partial charge in [0.2, 0.25) is 0 Å². The van der Waals surface area contributed by atoms with Crippen LogP contribution in [-0.4, -0.2) is 48.4 Å². The standard InChI is InChI=1S/C26H21ClO7/c27-23-22(34-26(30)19-14-8-3-9-15-19)21(33-25(29)18-12-6-2-7-13-18)20(32-23)16-31-24(28)17-10-4-1-5-11-17/h1-15,20-23H,16H2/t20-,21+,22+,23?/m0/s1. The molecule has 0 N–H and O–H groups in total. The number of rotatable bonds is 7. The van der Waals surface area contributed by atoms with Crippen molar-refractivity contribution < 1.29 is 33.3 Å². The Morgan fingerprint density at radius 3 is 1.53 bits per heavy atom. The predicted octanol–water partition coefficient (Wildman–Crippen LogP) is 4.26. The molecule has 0 radical (unpaired) electrons. The third-order valence-electron chi connectivity index (χ3n) is 5.15. The average molecular weight is 481 g/mol. The molecule has 3 aromatic carbocycles. The van der Waals surface area contributed by atoms with Crippen molar-refractivity contribution in [1.29, 1.82) is 0 Å². The van der Waals surface area contributed by atoms with Crippen LogP contribution < -0.4 is 0 Å². The molecule has 1 fully saturated rings. The molecule has 0 aromatic heterocycles. The van der Waals surface area contributed by atoms with Crippen molar-refractivity contribution in [3.63, 3.8) is 0 Å². The largest absolute Gasteiger partial charge is 0.459 e. The summed E-state index contributed by atoms with van der Waals surface area (Å²) in [7, 11) is 0. The lowest BCUT2D eigenvalue weighted by molar-refractivity contribution is -0.0435. The minimum Gasteiger partial charge on any atom is -0.459 e. The van der Waals surface area contributed by atoms with Gasteiger partial charge in [-0.15, -0.1) is 0 Å². The van der Waals surface area contributed by atoms with Gasteiger partial charge in [-0.05, 0) is 36.4 Å². The van der Waals surface area contributed by atoms with Crippen LogP contribution in [0.1, 0.15) is 31.1 Å². The Morgan fingerprint density at radius 1 is 0.647 bits per heavy atom. The first-order valence-corrected chi connectivity index (χ1v) is 11.0. The monoisotopic (exact) mass is 480 g/mol. The minimum atomic E-state index is -1.12. The Bertz CT molecular complexity index is 1120. The summed E-state index contributed by atoms with van der Waals surface area (Å²) < 4.78 is 22.3.